The van der Waals surface area contributed by atoms with Crippen molar-refractivity contribution < 1.29 is 22.9 Å². The van der Waals surface area contributed by atoms with Gasteiger partial charge in [-0.1, -0.05) is 9.07 Å². The Morgan fingerprint density at radius 3 is 2.69 bits per heavy atom. The maximum Gasteiger partial charge on any atom is 0.414 e. The van der Waals surface area contributed by atoms with E-state index < -0.39 is 27.1 Å². The molecule has 1 unspecified atom stereocenters. The topological polar surface area (TPSA) is 96.8 Å². The minimum absolute atomic E-state index is 0.208. The molecule has 0 spiro atoms. The molecule has 1 saturated heterocycles. The van der Waals surface area contributed by atoms with Gasteiger partial charge in [-0.3, -0.25) is 18.6 Å². The van der Waals surface area contributed by atoms with Crippen LogP contribution in [-0.4, -0.2) is 64.0 Å². The number of ether oxygens (including phenoxy) is 1. The first kappa shape index (κ1) is 22.3. The van der Waals surface area contributed by atoms with E-state index in [1.807, 2.05) is 11.1 Å². The van der Waals surface area contributed by atoms with Crippen molar-refractivity contribution in [2.24, 2.45) is 0 Å². The standard InChI is InChI=1S/C21H28FN5O4S/c1-14(28)23-8-17-11-27(21(29)31-17)16-5-6-20(18(22)7-16)25-9-15-10-26(24-19(15)12-25)13-32(2,3,4)30/h5-7,10,17H,8-9,11-13H2,1-4H3,(H,23,28). The Morgan fingerprint density at radius 2 is 2.06 bits per heavy atom. The van der Waals surface area contributed by atoms with Gasteiger partial charge >= 0.3 is 6.09 Å². The first-order chi connectivity index (χ1) is 14.8. The van der Waals surface area contributed by atoms with Crippen LogP contribution in [0.5, 0.6) is 0 Å². The predicted molar refractivity (Wildman–Crippen MR) is 121 cm³/mol. The third kappa shape index (κ3) is 4.93. The number of nitrogens with zero attached hydrogens (tertiary/aromatic N) is 4. The van der Waals surface area contributed by atoms with Gasteiger partial charge in [0, 0.05) is 25.2 Å². The van der Waals surface area contributed by atoms with Crippen LogP contribution in [0.4, 0.5) is 20.6 Å². The van der Waals surface area contributed by atoms with E-state index in [1.54, 1.807) is 35.6 Å². The lowest BCUT2D eigenvalue weighted by Gasteiger charge is -2.28. The maximum absolute atomic E-state index is 15.0. The molecule has 1 aromatic carbocycles. The lowest BCUT2D eigenvalue weighted by molar-refractivity contribution is -0.119. The summed E-state index contributed by atoms with van der Waals surface area (Å²) < 4.78 is 34.5. The molecule has 0 aliphatic carbocycles. The molecule has 32 heavy (non-hydrogen) atoms. The number of amides is 2. The molecule has 2 aliphatic rings. The number of nitrogens with one attached hydrogen (secondary N) is 1. The first-order valence-corrected chi connectivity index (χ1v) is 13.6. The Balaban J connectivity index is 1.44. The van der Waals surface area contributed by atoms with Gasteiger partial charge < -0.3 is 15.0 Å². The van der Waals surface area contributed by atoms with Crippen LogP contribution in [0.15, 0.2) is 24.4 Å². The van der Waals surface area contributed by atoms with Gasteiger partial charge in [-0.2, -0.15) is 5.10 Å². The molecule has 3 heterocycles. The summed E-state index contributed by atoms with van der Waals surface area (Å²) in [5.74, 6) is -0.305. The Hall–Kier alpha value is -2.95. The van der Waals surface area contributed by atoms with Gasteiger partial charge in [0.1, 0.15) is 11.9 Å². The summed E-state index contributed by atoms with van der Waals surface area (Å²) in [6.07, 6.45) is 6.05. The number of aromatic nitrogens is 2. The molecule has 1 N–H and O–H groups in total. The van der Waals surface area contributed by atoms with E-state index in [4.69, 9.17) is 4.74 Å². The highest BCUT2D eigenvalue weighted by Gasteiger charge is 2.33. The van der Waals surface area contributed by atoms with Crippen LogP contribution in [0.2, 0.25) is 0 Å². The molecular formula is C21H28FN5O4S. The van der Waals surface area contributed by atoms with Gasteiger partial charge in [0.25, 0.3) is 0 Å². The van der Waals surface area contributed by atoms with Crippen LogP contribution in [0.3, 0.4) is 0 Å². The number of halogens is 1. The highest BCUT2D eigenvalue weighted by atomic mass is 32.3. The van der Waals surface area contributed by atoms with Crippen LogP contribution in [0, 0.1) is 5.82 Å². The highest BCUT2D eigenvalue weighted by molar-refractivity contribution is 8.17. The molecular weight excluding hydrogens is 437 g/mol. The van der Waals surface area contributed by atoms with E-state index in [2.05, 4.69) is 10.4 Å². The fraction of sp³-hybridized carbons (Fsp3) is 0.476. The van der Waals surface area contributed by atoms with E-state index >= 15 is 0 Å². The largest absolute Gasteiger partial charge is 0.442 e. The molecule has 1 fully saturated rings. The zero-order valence-electron chi connectivity index (χ0n) is 18.6. The summed E-state index contributed by atoms with van der Waals surface area (Å²) in [6, 6.07) is 4.65. The van der Waals surface area contributed by atoms with E-state index in [9.17, 15) is 18.2 Å². The van der Waals surface area contributed by atoms with Crippen molar-refractivity contribution in [1.29, 1.82) is 0 Å². The van der Waals surface area contributed by atoms with E-state index in [-0.39, 0.29) is 19.0 Å². The van der Waals surface area contributed by atoms with Crippen molar-refractivity contribution in [3.8, 4) is 0 Å². The number of rotatable bonds is 6. The van der Waals surface area contributed by atoms with Crippen LogP contribution in [-0.2, 0) is 37.6 Å². The summed E-state index contributed by atoms with van der Waals surface area (Å²) in [4.78, 5) is 26.5. The number of hydrogen-bond acceptors (Lipinski definition) is 6. The molecule has 174 valence electrons. The third-order valence-corrected chi connectivity index (χ3v) is 6.38. The van der Waals surface area contributed by atoms with Crippen molar-refractivity contribution in [1.82, 2.24) is 15.1 Å². The molecule has 0 radical (unpaired) electrons. The van der Waals surface area contributed by atoms with Crippen molar-refractivity contribution in [3.63, 3.8) is 0 Å². The second-order valence-electron chi connectivity index (χ2n) is 9.52. The number of carbonyl (C=O) groups is 2. The zero-order chi connectivity index (χ0) is 23.3. The molecule has 9 nitrogen and oxygen atoms in total. The van der Waals surface area contributed by atoms with Crippen molar-refractivity contribution in [3.05, 3.63) is 41.5 Å². The van der Waals surface area contributed by atoms with Gasteiger partial charge in [0.15, 0.2) is 0 Å². The number of hydrogen-bond donors (Lipinski definition) is 1. The Labute approximate surface area is 185 Å². The average molecular weight is 466 g/mol. The number of anilines is 2. The normalized spacial score (nSPS) is 19.5. The average Bonchev–Trinajstić information content (AvgIpc) is 3.30. The van der Waals surface area contributed by atoms with Crippen LogP contribution >= 0.6 is 0 Å². The van der Waals surface area contributed by atoms with Crippen molar-refractivity contribution in [2.45, 2.75) is 32.0 Å². The number of carbonyl (C=O) groups excluding carboxylic acids is 2. The first-order valence-electron chi connectivity index (χ1n) is 10.2. The van der Waals surface area contributed by atoms with Gasteiger partial charge in [-0.15, -0.1) is 0 Å². The van der Waals surface area contributed by atoms with Crippen LogP contribution in [0.1, 0.15) is 18.2 Å². The molecule has 2 amide bonds. The lowest BCUT2D eigenvalue weighted by Crippen LogP contribution is -2.33. The Morgan fingerprint density at radius 1 is 1.31 bits per heavy atom. The maximum atomic E-state index is 15.0. The summed E-state index contributed by atoms with van der Waals surface area (Å²) in [5.41, 5.74) is 2.64. The van der Waals surface area contributed by atoms with Crippen molar-refractivity contribution >= 4 is 32.4 Å². The van der Waals surface area contributed by atoms with Crippen LogP contribution < -0.4 is 15.1 Å². The van der Waals surface area contributed by atoms with Gasteiger partial charge in [0.2, 0.25) is 5.91 Å². The molecule has 0 saturated carbocycles. The summed E-state index contributed by atoms with van der Waals surface area (Å²) in [5, 5.41) is 7.15. The molecule has 2 aromatic rings. The van der Waals surface area contributed by atoms with E-state index in [0.29, 0.717) is 30.3 Å². The van der Waals surface area contributed by atoms with Gasteiger partial charge in [-0.25, -0.2) is 9.18 Å². The highest BCUT2D eigenvalue weighted by Crippen LogP contribution is 2.33. The van der Waals surface area contributed by atoms with Crippen LogP contribution in [0.25, 0.3) is 0 Å². The Bertz CT molecular complexity index is 1120. The fourth-order valence-corrected chi connectivity index (χ4v) is 4.95. The number of fused-ring (bicyclic) bond motifs is 1. The molecule has 2 aliphatic heterocycles. The van der Waals surface area contributed by atoms with E-state index in [0.717, 1.165) is 11.3 Å². The molecule has 11 heteroatoms. The summed E-state index contributed by atoms with van der Waals surface area (Å²) in [7, 11) is -2.73. The zero-order valence-corrected chi connectivity index (χ0v) is 19.4. The molecule has 0 bridgehead atoms. The lowest BCUT2D eigenvalue weighted by atomic mass is 10.2. The Kier molecular flexibility index (Phi) is 5.27. The summed E-state index contributed by atoms with van der Waals surface area (Å²) >= 11 is 0. The van der Waals surface area contributed by atoms with Gasteiger partial charge in [-0.05, 0) is 37.0 Å². The second-order valence-corrected chi connectivity index (χ2v) is 15.2. The van der Waals surface area contributed by atoms with Gasteiger partial charge in [0.05, 0.1) is 42.6 Å². The fourth-order valence-electron chi connectivity index (χ4n) is 3.91. The molecule has 1 atom stereocenters. The summed E-state index contributed by atoms with van der Waals surface area (Å²) in [6.45, 7) is 2.79. The number of cyclic esters (lactones) is 1. The minimum atomic E-state index is -2.73. The second kappa shape index (κ2) is 7.58. The SMILES string of the molecule is CC(=O)NCC1CN(c2ccc(N3Cc4cn(CS(C)(C)(C)=O)nc4C3)c(F)c2)C(=O)O1. The molecule has 4 rings (SSSR count). The predicted octanol–water partition coefficient (Wildman–Crippen LogP) is 1.67. The minimum Gasteiger partial charge on any atom is -0.442 e. The molecule has 1 aromatic heterocycles. The smallest absolute Gasteiger partial charge is 0.414 e. The third-order valence-electron chi connectivity index (χ3n) is 5.24. The van der Waals surface area contributed by atoms with Crippen molar-refractivity contribution in [2.75, 3.05) is 41.7 Å². The van der Waals surface area contributed by atoms with E-state index in [1.165, 1.54) is 17.9 Å². The monoisotopic (exact) mass is 465 g/mol. The number of benzene rings is 1. The quantitative estimate of drug-likeness (QED) is 0.697.